The molecule has 10 nitrogen and oxygen atoms in total. The van der Waals surface area contributed by atoms with Crippen molar-refractivity contribution < 1.29 is 32.5 Å². The van der Waals surface area contributed by atoms with Crippen LogP contribution in [0.4, 0.5) is 0 Å². The number of hydrogen-bond acceptors (Lipinski definition) is 9. The van der Waals surface area contributed by atoms with Gasteiger partial charge in [-0.2, -0.15) is 0 Å². The Balaban J connectivity index is 1.41. The van der Waals surface area contributed by atoms with Gasteiger partial charge in [0.2, 0.25) is 5.90 Å². The van der Waals surface area contributed by atoms with Crippen LogP contribution in [0.1, 0.15) is 18.5 Å². The van der Waals surface area contributed by atoms with Crippen molar-refractivity contribution in [1.82, 2.24) is 9.97 Å². The van der Waals surface area contributed by atoms with Gasteiger partial charge in [-0.05, 0) is 49.2 Å². The maximum atomic E-state index is 11.7. The Kier molecular flexibility index (Phi) is 6.95. The van der Waals surface area contributed by atoms with Crippen molar-refractivity contribution in [3.05, 3.63) is 54.4 Å². The number of H-pyrrole nitrogens is 1. The van der Waals surface area contributed by atoms with Crippen LogP contribution in [0.5, 0.6) is 17.2 Å². The van der Waals surface area contributed by atoms with Gasteiger partial charge in [0.15, 0.2) is 14.9 Å². The Bertz CT molecular complexity index is 1350. The molecule has 2 aromatic heterocycles. The van der Waals surface area contributed by atoms with Gasteiger partial charge in [-0.15, -0.1) is 0 Å². The standard InChI is InChI=1S/C25H27N3O7S/c1-36(30,31)24-7-4-18(12-26-24)35-21-10-16(9-20(11-21)33-15-19-3-2-8-32-19)22-5-6-23(28-22)25-27-17(13-29)14-34-25/h4-7,9-12,17,19,28-29H,2-3,8,13-15H2,1H3/t17-,19?/m1/s1. The largest absolute Gasteiger partial charge is 0.491 e. The molecule has 2 atom stereocenters. The lowest BCUT2D eigenvalue weighted by Gasteiger charge is -2.14. The van der Waals surface area contributed by atoms with Crippen molar-refractivity contribution in [2.75, 3.05) is 32.7 Å². The van der Waals surface area contributed by atoms with E-state index in [1.54, 1.807) is 12.1 Å². The summed E-state index contributed by atoms with van der Waals surface area (Å²) in [6.07, 6.45) is 4.51. The fourth-order valence-corrected chi connectivity index (χ4v) is 4.52. The van der Waals surface area contributed by atoms with E-state index in [-0.39, 0.29) is 23.8 Å². The Hall–Kier alpha value is -3.41. The molecule has 0 amide bonds. The lowest BCUT2D eigenvalue weighted by atomic mass is 10.1. The van der Waals surface area contributed by atoms with E-state index in [2.05, 4.69) is 15.0 Å². The molecular formula is C25H27N3O7S. The van der Waals surface area contributed by atoms with Crippen LogP contribution in [0.3, 0.4) is 0 Å². The van der Waals surface area contributed by atoms with Gasteiger partial charge in [0.25, 0.3) is 0 Å². The van der Waals surface area contributed by atoms with Crippen molar-refractivity contribution in [1.29, 1.82) is 0 Å². The van der Waals surface area contributed by atoms with Crippen LogP contribution in [-0.2, 0) is 19.3 Å². The summed E-state index contributed by atoms with van der Waals surface area (Å²) in [5, 5.41) is 9.29. The molecule has 1 fully saturated rings. The molecule has 5 rings (SSSR count). The zero-order valence-electron chi connectivity index (χ0n) is 19.7. The number of ether oxygens (including phenoxy) is 4. The second-order valence-electron chi connectivity index (χ2n) is 8.71. The number of hydrogen-bond donors (Lipinski definition) is 2. The van der Waals surface area contributed by atoms with E-state index in [9.17, 15) is 13.5 Å². The molecule has 36 heavy (non-hydrogen) atoms. The summed E-state index contributed by atoms with van der Waals surface area (Å²) >= 11 is 0. The highest BCUT2D eigenvalue weighted by atomic mass is 32.2. The van der Waals surface area contributed by atoms with Crippen LogP contribution in [0.15, 0.2) is 58.7 Å². The second-order valence-corrected chi connectivity index (χ2v) is 10.7. The molecule has 0 aliphatic carbocycles. The van der Waals surface area contributed by atoms with Gasteiger partial charge in [0, 0.05) is 30.2 Å². The first-order valence-electron chi connectivity index (χ1n) is 11.6. The van der Waals surface area contributed by atoms with Crippen LogP contribution in [0.25, 0.3) is 11.3 Å². The first-order chi connectivity index (χ1) is 17.4. The summed E-state index contributed by atoms with van der Waals surface area (Å²) in [5.41, 5.74) is 2.30. The van der Waals surface area contributed by atoms with Gasteiger partial charge in [0.05, 0.1) is 18.9 Å². The predicted molar refractivity (Wildman–Crippen MR) is 131 cm³/mol. The summed E-state index contributed by atoms with van der Waals surface area (Å²) in [7, 11) is -3.40. The Morgan fingerprint density at radius 1 is 1.11 bits per heavy atom. The first kappa shape index (κ1) is 24.3. The monoisotopic (exact) mass is 513 g/mol. The predicted octanol–water partition coefficient (Wildman–Crippen LogP) is 2.97. The normalized spacial score (nSPS) is 19.7. The summed E-state index contributed by atoms with van der Waals surface area (Å²) in [5.74, 6) is 1.94. The van der Waals surface area contributed by atoms with E-state index >= 15 is 0 Å². The number of aliphatic hydroxyl groups is 1. The zero-order chi connectivity index (χ0) is 25.1. The molecule has 1 aromatic carbocycles. The van der Waals surface area contributed by atoms with Gasteiger partial charge < -0.3 is 29.0 Å². The van der Waals surface area contributed by atoms with Gasteiger partial charge in [-0.3, -0.25) is 0 Å². The fourth-order valence-electron chi connectivity index (χ4n) is 3.96. The molecule has 0 bridgehead atoms. The highest BCUT2D eigenvalue weighted by molar-refractivity contribution is 7.90. The van der Waals surface area contributed by atoms with Crippen molar-refractivity contribution in [3.63, 3.8) is 0 Å². The Morgan fingerprint density at radius 2 is 1.94 bits per heavy atom. The number of aromatic amines is 1. The highest BCUT2D eigenvalue weighted by Crippen LogP contribution is 2.33. The smallest absolute Gasteiger partial charge is 0.233 e. The number of pyridine rings is 1. The van der Waals surface area contributed by atoms with E-state index in [1.165, 1.54) is 12.3 Å². The average molecular weight is 514 g/mol. The maximum Gasteiger partial charge on any atom is 0.233 e. The van der Waals surface area contributed by atoms with Gasteiger partial charge >= 0.3 is 0 Å². The molecule has 11 heteroatoms. The van der Waals surface area contributed by atoms with Crippen molar-refractivity contribution in [2.45, 2.75) is 30.0 Å². The van der Waals surface area contributed by atoms with Crippen molar-refractivity contribution >= 4 is 15.7 Å². The minimum absolute atomic E-state index is 0.0245. The molecule has 2 aliphatic rings. The molecule has 1 unspecified atom stereocenters. The zero-order valence-corrected chi connectivity index (χ0v) is 20.5. The van der Waals surface area contributed by atoms with Crippen LogP contribution in [0, 0.1) is 0 Å². The molecule has 1 saturated heterocycles. The van der Waals surface area contributed by atoms with Gasteiger partial charge in [-0.25, -0.2) is 18.4 Å². The van der Waals surface area contributed by atoms with Crippen LogP contribution in [-0.4, -0.2) is 74.2 Å². The Labute approximate surface area is 208 Å². The third-order valence-corrected chi connectivity index (χ3v) is 6.82. The van der Waals surface area contributed by atoms with E-state index in [0.717, 1.165) is 37.0 Å². The van der Waals surface area contributed by atoms with Gasteiger partial charge in [-0.1, -0.05) is 0 Å². The number of nitrogens with zero attached hydrogens (tertiary/aromatic N) is 2. The summed E-state index contributed by atoms with van der Waals surface area (Å²) in [6, 6.07) is 12.0. The summed E-state index contributed by atoms with van der Waals surface area (Å²) in [4.78, 5) is 11.7. The van der Waals surface area contributed by atoms with Crippen LogP contribution < -0.4 is 9.47 Å². The fraction of sp³-hybridized carbons (Fsp3) is 0.360. The maximum absolute atomic E-state index is 11.7. The third-order valence-electron chi connectivity index (χ3n) is 5.82. The number of aromatic nitrogens is 2. The highest BCUT2D eigenvalue weighted by Gasteiger charge is 2.21. The van der Waals surface area contributed by atoms with E-state index in [0.29, 0.717) is 42.1 Å². The van der Waals surface area contributed by atoms with E-state index in [1.807, 2.05) is 24.3 Å². The number of nitrogens with one attached hydrogen (secondary N) is 1. The van der Waals surface area contributed by atoms with Crippen LogP contribution >= 0.6 is 0 Å². The minimum Gasteiger partial charge on any atom is -0.491 e. The Morgan fingerprint density at radius 3 is 2.64 bits per heavy atom. The van der Waals surface area contributed by atoms with Crippen molar-refractivity contribution in [3.8, 4) is 28.5 Å². The number of sulfone groups is 1. The molecule has 190 valence electrons. The third kappa shape index (κ3) is 5.69. The first-order valence-corrected chi connectivity index (χ1v) is 13.5. The molecule has 0 spiro atoms. The average Bonchev–Trinajstić information content (AvgIpc) is 3.64. The van der Waals surface area contributed by atoms with Crippen LogP contribution in [0.2, 0.25) is 0 Å². The number of benzene rings is 1. The lowest BCUT2D eigenvalue weighted by molar-refractivity contribution is 0.0679. The number of rotatable bonds is 9. The van der Waals surface area contributed by atoms with Crippen molar-refractivity contribution in [2.24, 2.45) is 4.99 Å². The van der Waals surface area contributed by atoms with E-state index < -0.39 is 9.84 Å². The molecule has 4 heterocycles. The molecule has 2 aliphatic heterocycles. The molecule has 0 saturated carbocycles. The minimum atomic E-state index is -3.40. The van der Waals surface area contributed by atoms with E-state index in [4.69, 9.17) is 18.9 Å². The number of aliphatic hydroxyl groups excluding tert-OH is 1. The molecule has 0 radical (unpaired) electrons. The topological polar surface area (TPSA) is 132 Å². The summed E-state index contributed by atoms with van der Waals surface area (Å²) < 4.78 is 46.7. The molecule has 3 aromatic rings. The quantitative estimate of drug-likeness (QED) is 0.446. The second kappa shape index (κ2) is 10.3. The van der Waals surface area contributed by atoms with Gasteiger partial charge in [0.1, 0.15) is 42.2 Å². The summed E-state index contributed by atoms with van der Waals surface area (Å²) in [6.45, 7) is 1.45. The lowest BCUT2D eigenvalue weighted by Crippen LogP contribution is -2.16. The number of aliphatic imine (C=N–C) groups is 1. The molecular weight excluding hydrogens is 486 g/mol. The molecule has 2 N–H and O–H groups in total. The SMILES string of the molecule is CS(=O)(=O)c1ccc(Oc2cc(OCC3CCCO3)cc(-c3ccc(C4=N[C@H](CO)CO4)[nH]3)c2)cn1.